The normalized spacial score (nSPS) is 16.6. The molecule has 1 aliphatic heterocycles. The van der Waals surface area contributed by atoms with Crippen molar-refractivity contribution in [2.45, 2.75) is 23.8 Å². The zero-order valence-corrected chi connectivity index (χ0v) is 17.6. The van der Waals surface area contributed by atoms with E-state index in [1.807, 2.05) is 18.2 Å². The summed E-state index contributed by atoms with van der Waals surface area (Å²) in [4.78, 5) is 39.6. The van der Waals surface area contributed by atoms with Crippen LogP contribution in [0.15, 0.2) is 66.1 Å². The highest BCUT2D eigenvalue weighted by atomic mass is 32.2. The molecule has 3 heterocycles. The van der Waals surface area contributed by atoms with Gasteiger partial charge < -0.3 is 0 Å². The lowest BCUT2D eigenvalue weighted by Crippen LogP contribution is -2.31. The van der Waals surface area contributed by atoms with Crippen LogP contribution in [0.4, 0.5) is 5.69 Å². The first-order chi connectivity index (χ1) is 14.6. The summed E-state index contributed by atoms with van der Waals surface area (Å²) in [6, 6.07) is 15.3. The summed E-state index contributed by atoms with van der Waals surface area (Å²) in [5.74, 6) is -0.447. The number of nitrogens with zero attached hydrogens (tertiary/aromatic N) is 4. The van der Waals surface area contributed by atoms with Crippen LogP contribution in [0.5, 0.6) is 0 Å². The minimum Gasteiger partial charge on any atom is -0.274 e. The van der Waals surface area contributed by atoms with Crippen molar-refractivity contribution in [1.82, 2.24) is 15.0 Å². The van der Waals surface area contributed by atoms with Gasteiger partial charge >= 0.3 is 0 Å². The van der Waals surface area contributed by atoms with Gasteiger partial charge in [0.1, 0.15) is 10.3 Å². The fourth-order valence-electron chi connectivity index (χ4n) is 3.35. The summed E-state index contributed by atoms with van der Waals surface area (Å²) in [5.41, 5.74) is 3.70. The van der Waals surface area contributed by atoms with Crippen molar-refractivity contribution in [2.75, 3.05) is 4.90 Å². The van der Waals surface area contributed by atoms with E-state index >= 15 is 0 Å². The van der Waals surface area contributed by atoms with Crippen LogP contribution in [-0.4, -0.2) is 32.0 Å². The molecule has 2 aromatic carbocycles. The number of benzene rings is 2. The van der Waals surface area contributed by atoms with E-state index in [1.54, 1.807) is 41.9 Å². The second kappa shape index (κ2) is 7.62. The lowest BCUT2D eigenvalue weighted by Gasteiger charge is -2.15. The molecule has 4 aromatic rings. The van der Waals surface area contributed by atoms with Gasteiger partial charge in [-0.1, -0.05) is 17.8 Å². The SMILES string of the molecule is Cc1ccc2nc(-c3ccc(N4C(=O)C[C@H](Sc5ncccn5)C4=O)cc3)sc2c1. The molecule has 148 valence electrons. The highest BCUT2D eigenvalue weighted by molar-refractivity contribution is 8.00. The van der Waals surface area contributed by atoms with E-state index in [9.17, 15) is 9.59 Å². The van der Waals surface area contributed by atoms with Crippen LogP contribution >= 0.6 is 23.1 Å². The number of thioether (sulfide) groups is 1. The molecule has 6 nitrogen and oxygen atoms in total. The predicted molar refractivity (Wildman–Crippen MR) is 119 cm³/mol. The van der Waals surface area contributed by atoms with E-state index in [1.165, 1.54) is 22.2 Å². The number of amides is 2. The molecule has 1 atom stereocenters. The fraction of sp³-hybridized carbons (Fsp3) is 0.136. The number of hydrogen-bond donors (Lipinski definition) is 0. The summed E-state index contributed by atoms with van der Waals surface area (Å²) in [6.07, 6.45) is 3.38. The first kappa shape index (κ1) is 18.9. The Balaban J connectivity index is 1.38. The molecule has 0 aliphatic carbocycles. The van der Waals surface area contributed by atoms with Gasteiger partial charge in [-0.15, -0.1) is 11.3 Å². The molecular weight excluding hydrogens is 416 g/mol. The standard InChI is InChI=1S/C22H16N4O2S2/c1-13-3-8-16-17(11-13)29-20(25-16)14-4-6-15(7-5-14)26-19(27)12-18(21(26)28)30-22-23-9-2-10-24-22/h2-11,18H,12H2,1H3/t18-/m0/s1. The maximum absolute atomic E-state index is 12.8. The summed E-state index contributed by atoms with van der Waals surface area (Å²) in [5, 5.41) is 0.898. The van der Waals surface area contributed by atoms with E-state index in [-0.39, 0.29) is 18.2 Å². The molecule has 0 unspecified atom stereocenters. The molecule has 0 saturated carbocycles. The first-order valence-corrected chi connectivity index (χ1v) is 11.1. The average Bonchev–Trinajstić information content (AvgIpc) is 3.29. The number of anilines is 1. The zero-order chi connectivity index (χ0) is 20.7. The number of carbonyl (C=O) groups excluding carboxylic acids is 2. The van der Waals surface area contributed by atoms with Gasteiger partial charge in [0.05, 0.1) is 15.9 Å². The number of imide groups is 1. The van der Waals surface area contributed by atoms with Crippen LogP contribution in [0.2, 0.25) is 0 Å². The molecule has 2 amide bonds. The zero-order valence-electron chi connectivity index (χ0n) is 16.0. The van der Waals surface area contributed by atoms with E-state index in [4.69, 9.17) is 4.98 Å². The van der Waals surface area contributed by atoms with Gasteiger partial charge in [0.15, 0.2) is 5.16 Å². The van der Waals surface area contributed by atoms with Gasteiger partial charge in [0.2, 0.25) is 11.8 Å². The highest BCUT2D eigenvalue weighted by Crippen LogP contribution is 2.35. The van der Waals surface area contributed by atoms with Crippen molar-refractivity contribution in [1.29, 1.82) is 0 Å². The highest BCUT2D eigenvalue weighted by Gasteiger charge is 2.40. The first-order valence-electron chi connectivity index (χ1n) is 9.36. The Bertz CT molecular complexity index is 1260. The van der Waals surface area contributed by atoms with Crippen molar-refractivity contribution >= 4 is 50.8 Å². The molecular formula is C22H16N4O2S2. The Hall–Kier alpha value is -3.10. The van der Waals surface area contributed by atoms with Gasteiger partial charge in [-0.05, 0) is 55.0 Å². The molecule has 5 rings (SSSR count). The molecule has 0 radical (unpaired) electrons. The molecule has 1 fully saturated rings. The van der Waals surface area contributed by atoms with Gasteiger partial charge in [-0.3, -0.25) is 9.59 Å². The van der Waals surface area contributed by atoms with Crippen molar-refractivity contribution in [2.24, 2.45) is 0 Å². The van der Waals surface area contributed by atoms with Crippen molar-refractivity contribution < 1.29 is 9.59 Å². The molecule has 2 aromatic heterocycles. The third-order valence-corrected chi connectivity index (χ3v) is 6.95. The van der Waals surface area contributed by atoms with Gasteiger partial charge in [0, 0.05) is 24.4 Å². The van der Waals surface area contributed by atoms with E-state index in [2.05, 4.69) is 29.0 Å². The summed E-state index contributed by atoms with van der Waals surface area (Å²) in [7, 11) is 0. The quantitative estimate of drug-likeness (QED) is 0.349. The summed E-state index contributed by atoms with van der Waals surface area (Å²) < 4.78 is 1.14. The molecule has 0 N–H and O–H groups in total. The number of fused-ring (bicyclic) bond motifs is 1. The maximum atomic E-state index is 12.8. The van der Waals surface area contributed by atoms with Gasteiger partial charge in [-0.2, -0.15) is 0 Å². The van der Waals surface area contributed by atoms with Crippen LogP contribution in [0, 0.1) is 6.92 Å². The molecule has 0 bridgehead atoms. The van der Waals surface area contributed by atoms with Crippen molar-refractivity contribution in [3.63, 3.8) is 0 Å². The van der Waals surface area contributed by atoms with E-state index < -0.39 is 5.25 Å². The minimum atomic E-state index is -0.507. The van der Waals surface area contributed by atoms with Crippen LogP contribution in [-0.2, 0) is 9.59 Å². The molecule has 0 spiro atoms. The fourth-order valence-corrected chi connectivity index (χ4v) is 5.35. The second-order valence-electron chi connectivity index (χ2n) is 6.95. The van der Waals surface area contributed by atoms with Gasteiger partial charge in [-0.25, -0.2) is 19.9 Å². The Labute approximate surface area is 181 Å². The molecule has 8 heteroatoms. The number of thiazole rings is 1. The number of aryl methyl sites for hydroxylation is 1. The van der Waals surface area contributed by atoms with Crippen LogP contribution in [0.3, 0.4) is 0 Å². The molecule has 1 saturated heterocycles. The van der Waals surface area contributed by atoms with Crippen LogP contribution in [0.25, 0.3) is 20.8 Å². The summed E-state index contributed by atoms with van der Waals surface area (Å²) in [6.45, 7) is 2.06. The van der Waals surface area contributed by atoms with Crippen LogP contribution < -0.4 is 4.90 Å². The van der Waals surface area contributed by atoms with E-state index in [0.29, 0.717) is 10.8 Å². The topological polar surface area (TPSA) is 76.1 Å². The second-order valence-corrected chi connectivity index (χ2v) is 9.15. The number of carbonyl (C=O) groups is 2. The smallest absolute Gasteiger partial charge is 0.247 e. The Morgan fingerprint density at radius 1 is 1.07 bits per heavy atom. The third-order valence-electron chi connectivity index (χ3n) is 4.81. The molecule has 30 heavy (non-hydrogen) atoms. The number of rotatable bonds is 4. The summed E-state index contributed by atoms with van der Waals surface area (Å²) >= 11 is 2.85. The third kappa shape index (κ3) is 3.48. The monoisotopic (exact) mass is 432 g/mol. The van der Waals surface area contributed by atoms with Crippen LogP contribution in [0.1, 0.15) is 12.0 Å². The Morgan fingerprint density at radius 3 is 2.60 bits per heavy atom. The van der Waals surface area contributed by atoms with Crippen molar-refractivity contribution in [3.8, 4) is 10.6 Å². The minimum absolute atomic E-state index is 0.140. The largest absolute Gasteiger partial charge is 0.274 e. The van der Waals surface area contributed by atoms with Gasteiger partial charge in [0.25, 0.3) is 0 Å². The lowest BCUT2D eigenvalue weighted by atomic mass is 10.2. The number of hydrogen-bond acceptors (Lipinski definition) is 7. The Morgan fingerprint density at radius 2 is 1.83 bits per heavy atom. The van der Waals surface area contributed by atoms with Crippen molar-refractivity contribution in [3.05, 3.63) is 66.5 Å². The predicted octanol–water partition coefficient (Wildman–Crippen LogP) is 4.49. The molecule has 1 aliphatic rings. The lowest BCUT2D eigenvalue weighted by molar-refractivity contribution is -0.121. The Kier molecular flexibility index (Phi) is 4.80. The maximum Gasteiger partial charge on any atom is 0.247 e. The average molecular weight is 433 g/mol. The van der Waals surface area contributed by atoms with E-state index in [0.717, 1.165) is 20.8 Å². The number of aromatic nitrogens is 3.